The molecule has 0 aliphatic carbocycles. The molecule has 0 atom stereocenters. The summed E-state index contributed by atoms with van der Waals surface area (Å²) >= 11 is 0. The number of methoxy groups -OCH3 is 1. The standard InChI is InChI=1S/C24H28N4O5S.3H2/c1-15-13-16(2)22(17(3)14-15)33-24-19(11-10-18(26-24)7-6-12-32-4)23(29)28-34(30,31)21-9-5-8-20(25)27-21;;;/h5,8-11,13-14H,6-7,12H2,1-4H3,(H2,25,27)(H,28,29);3*1H. The van der Waals surface area contributed by atoms with Gasteiger partial charge in [0, 0.05) is 23.7 Å². The predicted octanol–water partition coefficient (Wildman–Crippen LogP) is 4.21. The Bertz CT molecular complexity index is 1300. The molecule has 0 aliphatic rings. The van der Waals surface area contributed by atoms with Crippen molar-refractivity contribution in [3.8, 4) is 11.6 Å². The van der Waals surface area contributed by atoms with Crippen LogP contribution in [-0.4, -0.2) is 38.0 Å². The Morgan fingerprint density at radius 1 is 1.09 bits per heavy atom. The highest BCUT2D eigenvalue weighted by atomic mass is 32.2. The Hall–Kier alpha value is -3.50. The van der Waals surface area contributed by atoms with Gasteiger partial charge in [0.2, 0.25) is 5.88 Å². The largest absolute Gasteiger partial charge is 0.438 e. The molecule has 10 heteroatoms. The molecule has 0 radical (unpaired) electrons. The van der Waals surface area contributed by atoms with Gasteiger partial charge in [0.1, 0.15) is 17.1 Å². The number of aromatic nitrogens is 2. The molecule has 0 unspecified atom stereocenters. The molecule has 2 aromatic heterocycles. The average Bonchev–Trinajstić information content (AvgIpc) is 2.76. The van der Waals surface area contributed by atoms with Gasteiger partial charge in [0.05, 0.1) is 0 Å². The number of amides is 1. The molecule has 0 bridgehead atoms. The highest BCUT2D eigenvalue weighted by Gasteiger charge is 2.24. The zero-order valence-electron chi connectivity index (χ0n) is 19.6. The van der Waals surface area contributed by atoms with Crippen LogP contribution in [0, 0.1) is 20.8 Å². The van der Waals surface area contributed by atoms with E-state index in [0.29, 0.717) is 24.5 Å². The highest BCUT2D eigenvalue weighted by Crippen LogP contribution is 2.31. The lowest BCUT2D eigenvalue weighted by Crippen LogP contribution is -2.31. The number of aryl methyl sites for hydroxylation is 4. The Labute approximate surface area is 203 Å². The molecule has 0 fully saturated rings. The van der Waals surface area contributed by atoms with Gasteiger partial charge in [-0.25, -0.2) is 14.7 Å². The summed E-state index contributed by atoms with van der Waals surface area (Å²) in [4.78, 5) is 21.3. The van der Waals surface area contributed by atoms with E-state index in [1.54, 1.807) is 13.2 Å². The monoisotopic (exact) mass is 490 g/mol. The third-order valence-corrected chi connectivity index (χ3v) is 6.23. The zero-order chi connectivity index (χ0) is 24.9. The number of nitrogens with zero attached hydrogens (tertiary/aromatic N) is 2. The third-order valence-electron chi connectivity index (χ3n) is 4.99. The smallest absolute Gasteiger partial charge is 0.281 e. The van der Waals surface area contributed by atoms with E-state index in [9.17, 15) is 13.2 Å². The maximum absolute atomic E-state index is 13.0. The fourth-order valence-electron chi connectivity index (χ4n) is 3.50. The van der Waals surface area contributed by atoms with Gasteiger partial charge in [-0.1, -0.05) is 23.8 Å². The first-order valence-corrected chi connectivity index (χ1v) is 12.1. The van der Waals surface area contributed by atoms with E-state index in [2.05, 4.69) is 9.97 Å². The summed E-state index contributed by atoms with van der Waals surface area (Å²) in [5, 5.41) is -0.363. The first kappa shape index (κ1) is 25.1. The van der Waals surface area contributed by atoms with Crippen LogP contribution in [0.5, 0.6) is 11.6 Å². The topological polar surface area (TPSA) is 134 Å². The van der Waals surface area contributed by atoms with Crippen molar-refractivity contribution in [3.05, 3.63) is 70.4 Å². The van der Waals surface area contributed by atoms with Crippen LogP contribution in [0.25, 0.3) is 0 Å². The Morgan fingerprint density at radius 2 is 1.79 bits per heavy atom. The molecule has 186 valence electrons. The number of carbonyl (C=O) groups is 1. The summed E-state index contributed by atoms with van der Waals surface area (Å²) in [5.41, 5.74) is 9.05. The van der Waals surface area contributed by atoms with E-state index in [-0.39, 0.29) is 26.6 Å². The summed E-state index contributed by atoms with van der Waals surface area (Å²) in [5.74, 6) is -0.302. The van der Waals surface area contributed by atoms with Crippen LogP contribution in [0.15, 0.2) is 47.5 Å². The number of hydrogen-bond acceptors (Lipinski definition) is 8. The van der Waals surface area contributed by atoms with Crippen LogP contribution in [0.2, 0.25) is 0 Å². The van der Waals surface area contributed by atoms with E-state index in [1.807, 2.05) is 37.6 Å². The van der Waals surface area contributed by atoms with Gasteiger partial charge in [-0.15, -0.1) is 0 Å². The predicted molar refractivity (Wildman–Crippen MR) is 135 cm³/mol. The van der Waals surface area contributed by atoms with Crippen molar-refractivity contribution < 1.29 is 27.0 Å². The number of nitrogens with one attached hydrogen (secondary N) is 1. The number of pyridine rings is 2. The SMILES string of the molecule is COCCCc1ccc(C(=O)NS(=O)(=O)c2cccc(N)n2)c(Oc2c(C)cc(C)cc2C)n1.[HH].[HH].[HH]. The van der Waals surface area contributed by atoms with Gasteiger partial charge in [0.15, 0.2) is 5.03 Å². The lowest BCUT2D eigenvalue weighted by molar-refractivity contribution is 0.0978. The van der Waals surface area contributed by atoms with Crippen LogP contribution in [-0.2, 0) is 21.2 Å². The lowest BCUT2D eigenvalue weighted by Gasteiger charge is -2.16. The number of benzene rings is 1. The normalized spacial score (nSPS) is 11.3. The first-order chi connectivity index (χ1) is 16.1. The molecule has 1 amide bonds. The molecule has 0 saturated heterocycles. The second kappa shape index (κ2) is 10.6. The minimum absolute atomic E-state index is 0. The van der Waals surface area contributed by atoms with Crippen molar-refractivity contribution >= 4 is 21.7 Å². The number of sulfonamides is 1. The van der Waals surface area contributed by atoms with E-state index in [1.165, 1.54) is 24.3 Å². The molecule has 0 aliphatic heterocycles. The summed E-state index contributed by atoms with van der Waals surface area (Å²) in [6.45, 7) is 6.33. The molecule has 3 N–H and O–H groups in total. The van der Waals surface area contributed by atoms with Gasteiger partial charge >= 0.3 is 0 Å². The molecule has 0 saturated carbocycles. The molecule has 3 rings (SSSR count). The molecule has 2 heterocycles. The number of anilines is 1. The molecule has 0 spiro atoms. The van der Waals surface area contributed by atoms with E-state index < -0.39 is 15.9 Å². The summed E-state index contributed by atoms with van der Waals surface area (Å²) < 4.78 is 38.6. The number of nitrogens with two attached hydrogens (primary N) is 1. The van der Waals surface area contributed by atoms with E-state index >= 15 is 0 Å². The van der Waals surface area contributed by atoms with Crippen molar-refractivity contribution in [1.29, 1.82) is 0 Å². The van der Waals surface area contributed by atoms with Crippen molar-refractivity contribution in [2.45, 2.75) is 38.6 Å². The average molecular weight is 491 g/mol. The second-order valence-electron chi connectivity index (χ2n) is 7.92. The lowest BCUT2D eigenvalue weighted by atomic mass is 10.1. The van der Waals surface area contributed by atoms with Crippen molar-refractivity contribution in [2.24, 2.45) is 0 Å². The fraction of sp³-hybridized carbons (Fsp3) is 0.292. The number of carbonyl (C=O) groups excluding carboxylic acids is 1. The number of hydrogen-bond donors (Lipinski definition) is 2. The Kier molecular flexibility index (Phi) is 7.85. The maximum atomic E-state index is 13.0. The highest BCUT2D eigenvalue weighted by molar-refractivity contribution is 7.90. The van der Waals surface area contributed by atoms with Crippen LogP contribution < -0.4 is 15.2 Å². The molecule has 9 nitrogen and oxygen atoms in total. The van der Waals surface area contributed by atoms with Gasteiger partial charge in [-0.05, 0) is 69.0 Å². The van der Waals surface area contributed by atoms with Gasteiger partial charge in [0.25, 0.3) is 15.9 Å². The zero-order valence-corrected chi connectivity index (χ0v) is 20.4. The van der Waals surface area contributed by atoms with Crippen molar-refractivity contribution in [2.75, 3.05) is 19.5 Å². The second-order valence-corrected chi connectivity index (χ2v) is 9.55. The quantitative estimate of drug-likeness (QED) is 0.426. The van der Waals surface area contributed by atoms with E-state index in [4.69, 9.17) is 15.2 Å². The minimum Gasteiger partial charge on any atom is -0.438 e. The van der Waals surface area contributed by atoms with Crippen molar-refractivity contribution in [1.82, 2.24) is 14.7 Å². The Balaban J connectivity index is 0.00000432. The first-order valence-electron chi connectivity index (χ1n) is 10.6. The van der Waals surface area contributed by atoms with Gasteiger partial charge in [-0.3, -0.25) is 4.79 Å². The molecular formula is C24H34N4O5S. The molecule has 3 aromatic rings. The van der Waals surface area contributed by atoms with Crippen molar-refractivity contribution in [3.63, 3.8) is 0 Å². The van der Waals surface area contributed by atoms with Crippen LogP contribution in [0.4, 0.5) is 5.82 Å². The third kappa shape index (κ3) is 6.09. The summed E-state index contributed by atoms with van der Waals surface area (Å²) in [7, 11) is -2.64. The Morgan fingerprint density at radius 3 is 2.44 bits per heavy atom. The number of rotatable bonds is 9. The molecule has 1 aromatic carbocycles. The van der Waals surface area contributed by atoms with Crippen LogP contribution >= 0.6 is 0 Å². The summed E-state index contributed by atoms with van der Waals surface area (Å²) in [6, 6.07) is 11.2. The number of ether oxygens (including phenoxy) is 2. The number of nitrogen functional groups attached to an aromatic ring is 1. The fourth-order valence-corrected chi connectivity index (χ4v) is 4.44. The summed E-state index contributed by atoms with van der Waals surface area (Å²) in [6.07, 6.45) is 1.33. The van der Waals surface area contributed by atoms with Gasteiger partial charge in [-0.2, -0.15) is 8.42 Å². The minimum atomic E-state index is -4.26. The van der Waals surface area contributed by atoms with Crippen LogP contribution in [0.3, 0.4) is 0 Å². The molecular weight excluding hydrogens is 456 g/mol. The maximum Gasteiger partial charge on any atom is 0.281 e. The van der Waals surface area contributed by atoms with E-state index in [0.717, 1.165) is 23.1 Å². The van der Waals surface area contributed by atoms with Gasteiger partial charge < -0.3 is 15.2 Å². The van der Waals surface area contributed by atoms with Crippen LogP contribution in [0.1, 0.15) is 43.4 Å². The molecule has 34 heavy (non-hydrogen) atoms.